The summed E-state index contributed by atoms with van der Waals surface area (Å²) < 4.78 is 12.7. The molecule has 0 heterocycles. The van der Waals surface area contributed by atoms with Crippen molar-refractivity contribution in [2.24, 2.45) is 0 Å². The van der Waals surface area contributed by atoms with Gasteiger partial charge in [-0.25, -0.2) is 0 Å². The Bertz CT molecular complexity index is 1260. The first-order chi connectivity index (χ1) is 22.0. The summed E-state index contributed by atoms with van der Waals surface area (Å²) in [4.78, 5) is 2.69. The quantitative estimate of drug-likeness (QED) is 0.0508. The van der Waals surface area contributed by atoms with Crippen molar-refractivity contribution in [3.8, 4) is 11.5 Å². The summed E-state index contributed by atoms with van der Waals surface area (Å²) in [5.74, 6) is 4.21. The number of thioether (sulfide) groups is 2. The molecular formula is C40H58O2S2Si2. The van der Waals surface area contributed by atoms with Crippen LogP contribution in [0.2, 0.25) is 51.4 Å². The average molecular weight is 691 g/mol. The summed E-state index contributed by atoms with van der Waals surface area (Å²) in [6.45, 7) is 20.5. The molecule has 2 nitrogen and oxygen atoms in total. The summed E-state index contributed by atoms with van der Waals surface area (Å²) >= 11 is 3.94. The molecule has 0 aliphatic carbocycles. The Kier molecular flexibility index (Phi) is 16.4. The van der Waals surface area contributed by atoms with Gasteiger partial charge in [0.25, 0.3) is 0 Å². The van der Waals surface area contributed by atoms with Gasteiger partial charge in [-0.05, 0) is 84.0 Å². The van der Waals surface area contributed by atoms with Gasteiger partial charge < -0.3 is 9.47 Å². The molecule has 0 N–H and O–H groups in total. The van der Waals surface area contributed by atoms with Crippen molar-refractivity contribution in [3.63, 3.8) is 0 Å². The van der Waals surface area contributed by atoms with Crippen LogP contribution in [0.25, 0.3) is 24.3 Å². The number of ether oxygens (including phenoxy) is 2. The molecule has 0 aliphatic rings. The van der Waals surface area contributed by atoms with Crippen molar-refractivity contribution in [3.05, 3.63) is 82.9 Å². The van der Waals surface area contributed by atoms with Crippen LogP contribution in [0.1, 0.15) is 61.8 Å². The molecule has 250 valence electrons. The fraction of sp³-hybridized carbons (Fsp3) is 0.450. The van der Waals surface area contributed by atoms with E-state index in [0.717, 1.165) is 48.3 Å². The minimum Gasteiger partial charge on any atom is -0.493 e. The first-order valence-corrected chi connectivity index (χ1v) is 26.6. The molecule has 3 aromatic rings. The Hall–Kier alpha value is -2.13. The molecule has 0 radical (unpaired) electrons. The molecule has 3 rings (SSSR count). The maximum Gasteiger partial charge on any atom is 0.127 e. The van der Waals surface area contributed by atoms with Crippen LogP contribution in [-0.2, 0) is 0 Å². The predicted molar refractivity (Wildman–Crippen MR) is 216 cm³/mol. The topological polar surface area (TPSA) is 18.5 Å². The van der Waals surface area contributed by atoms with E-state index in [1.54, 1.807) is 0 Å². The molecule has 46 heavy (non-hydrogen) atoms. The number of unbranched alkanes of at least 4 members (excludes halogenated alkanes) is 2. The van der Waals surface area contributed by atoms with Crippen molar-refractivity contribution < 1.29 is 9.47 Å². The lowest BCUT2D eigenvalue weighted by Gasteiger charge is -2.15. The Morgan fingerprint density at radius 3 is 1.24 bits per heavy atom. The standard InChI is InChI=1S/C40H58O2S2Si2/c1-9-11-25-41-39-31-36(20-14-34-17-23-38(24-18-34)44-28-30-46(6,7)8)40(42-26-12-10-2)32-35(39)19-13-33-15-21-37(22-16-33)43-27-29-45(3,4)5/h13-24,31-32H,9-12,25-30H2,1-8H3/b19-13+,20-14+. The summed E-state index contributed by atoms with van der Waals surface area (Å²) in [5, 5.41) is 0. The van der Waals surface area contributed by atoms with Gasteiger partial charge in [-0.15, -0.1) is 23.5 Å². The van der Waals surface area contributed by atoms with E-state index in [2.05, 4.69) is 138 Å². The highest BCUT2D eigenvalue weighted by Gasteiger charge is 2.14. The van der Waals surface area contributed by atoms with E-state index in [1.165, 1.54) is 44.5 Å². The Labute approximate surface area is 291 Å². The number of benzene rings is 3. The number of hydrogen-bond donors (Lipinski definition) is 0. The lowest BCUT2D eigenvalue weighted by atomic mass is 10.1. The van der Waals surface area contributed by atoms with Gasteiger partial charge in [0.05, 0.1) is 13.2 Å². The third-order valence-corrected chi connectivity index (χ3v) is 13.8. The molecule has 0 unspecified atom stereocenters. The molecule has 0 spiro atoms. The van der Waals surface area contributed by atoms with Crippen LogP contribution in [0.15, 0.2) is 70.5 Å². The zero-order valence-corrected chi connectivity index (χ0v) is 33.4. The van der Waals surface area contributed by atoms with E-state index in [4.69, 9.17) is 9.47 Å². The molecular weight excluding hydrogens is 633 g/mol. The molecule has 0 saturated heterocycles. The zero-order valence-electron chi connectivity index (χ0n) is 29.8. The molecule has 0 aliphatic heterocycles. The predicted octanol–water partition coefficient (Wildman–Crippen LogP) is 13.2. The monoisotopic (exact) mass is 690 g/mol. The van der Waals surface area contributed by atoms with Crippen molar-refractivity contribution in [1.82, 2.24) is 0 Å². The van der Waals surface area contributed by atoms with Crippen molar-refractivity contribution in [2.75, 3.05) is 24.7 Å². The Balaban J connectivity index is 1.82. The van der Waals surface area contributed by atoms with E-state index in [1.807, 2.05) is 23.5 Å². The minimum atomic E-state index is -1.00. The molecule has 0 amide bonds. The minimum absolute atomic E-state index is 0.705. The summed E-state index contributed by atoms with van der Waals surface area (Å²) in [5.41, 5.74) is 4.48. The third kappa shape index (κ3) is 15.2. The van der Waals surface area contributed by atoms with E-state index in [9.17, 15) is 0 Å². The lowest BCUT2D eigenvalue weighted by molar-refractivity contribution is 0.300. The number of hydrogen-bond acceptors (Lipinski definition) is 4. The maximum atomic E-state index is 6.37. The highest BCUT2D eigenvalue weighted by Crippen LogP contribution is 2.33. The Morgan fingerprint density at radius 1 is 0.543 bits per heavy atom. The fourth-order valence-electron chi connectivity index (χ4n) is 4.43. The second-order valence-electron chi connectivity index (χ2n) is 14.5. The van der Waals surface area contributed by atoms with Crippen LogP contribution in [-0.4, -0.2) is 40.9 Å². The SMILES string of the molecule is CCCCOc1cc(/C=C/c2ccc(SCC[Si](C)(C)C)cc2)c(OCCCC)cc1/C=C/c1ccc(SCC[Si](C)(C)C)cc1. The highest BCUT2D eigenvalue weighted by molar-refractivity contribution is 7.99. The van der Waals surface area contributed by atoms with Crippen LogP contribution >= 0.6 is 23.5 Å². The molecule has 0 fully saturated rings. The largest absolute Gasteiger partial charge is 0.493 e. The smallest absolute Gasteiger partial charge is 0.127 e. The summed E-state index contributed by atoms with van der Waals surface area (Å²) in [6, 6.07) is 24.9. The average Bonchev–Trinajstić information content (AvgIpc) is 3.00. The van der Waals surface area contributed by atoms with Crippen LogP contribution in [0.4, 0.5) is 0 Å². The van der Waals surface area contributed by atoms with Gasteiger partial charge in [0, 0.05) is 37.1 Å². The third-order valence-electron chi connectivity index (χ3n) is 7.57. The van der Waals surface area contributed by atoms with E-state index < -0.39 is 16.1 Å². The van der Waals surface area contributed by atoms with Gasteiger partial charge in [0.1, 0.15) is 11.5 Å². The van der Waals surface area contributed by atoms with Crippen molar-refractivity contribution in [2.45, 2.75) is 101 Å². The molecule has 6 heteroatoms. The van der Waals surface area contributed by atoms with Gasteiger partial charge in [-0.3, -0.25) is 0 Å². The molecule has 0 saturated carbocycles. The van der Waals surface area contributed by atoms with Crippen LogP contribution < -0.4 is 9.47 Å². The normalized spacial score (nSPS) is 12.3. The second kappa shape index (κ2) is 19.6. The molecule has 0 bridgehead atoms. The van der Waals surface area contributed by atoms with E-state index in [-0.39, 0.29) is 0 Å². The maximum absolute atomic E-state index is 6.37. The van der Waals surface area contributed by atoms with E-state index in [0.29, 0.717) is 13.2 Å². The zero-order chi connectivity index (χ0) is 33.4. The molecule has 3 aromatic carbocycles. The molecule has 0 atom stereocenters. The van der Waals surface area contributed by atoms with Gasteiger partial charge in [-0.2, -0.15) is 0 Å². The fourth-order valence-corrected chi connectivity index (χ4v) is 11.3. The van der Waals surface area contributed by atoms with Crippen molar-refractivity contribution in [1.29, 1.82) is 0 Å². The lowest BCUT2D eigenvalue weighted by Crippen LogP contribution is -2.19. The van der Waals surface area contributed by atoms with Gasteiger partial charge in [0.15, 0.2) is 0 Å². The van der Waals surface area contributed by atoms with Gasteiger partial charge >= 0.3 is 0 Å². The van der Waals surface area contributed by atoms with Gasteiger partial charge in [0.2, 0.25) is 0 Å². The first kappa shape index (κ1) is 38.3. The molecule has 0 aromatic heterocycles. The van der Waals surface area contributed by atoms with Crippen LogP contribution in [0.5, 0.6) is 11.5 Å². The first-order valence-electron chi connectivity index (χ1n) is 17.2. The number of rotatable bonds is 20. The second-order valence-corrected chi connectivity index (χ2v) is 28.0. The van der Waals surface area contributed by atoms with Gasteiger partial charge in [-0.1, -0.05) is 115 Å². The van der Waals surface area contributed by atoms with E-state index >= 15 is 0 Å². The van der Waals surface area contributed by atoms with Crippen LogP contribution in [0.3, 0.4) is 0 Å². The van der Waals surface area contributed by atoms with Crippen LogP contribution in [0, 0.1) is 0 Å². The Morgan fingerprint density at radius 2 is 0.913 bits per heavy atom. The summed E-state index contributed by atoms with van der Waals surface area (Å²) in [7, 11) is -2.00. The van der Waals surface area contributed by atoms with Crippen molar-refractivity contribution >= 4 is 64.0 Å². The highest BCUT2D eigenvalue weighted by atomic mass is 32.2. The summed E-state index contributed by atoms with van der Waals surface area (Å²) in [6.07, 6.45) is 13.0.